The zero-order valence-electron chi connectivity index (χ0n) is 13.2. The zero-order valence-corrected chi connectivity index (χ0v) is 13.2. The number of nitrogens with zero attached hydrogens (tertiary/aromatic N) is 1. The predicted molar refractivity (Wildman–Crippen MR) is 95.7 cm³/mol. The topological polar surface area (TPSA) is 35.5 Å². The Hall–Kier alpha value is -1.94. The molecule has 0 unspecified atom stereocenters. The number of rotatable bonds is 3. The van der Waals surface area contributed by atoms with Crippen LogP contribution in [0.25, 0.3) is 21.5 Å². The van der Waals surface area contributed by atoms with Crippen molar-refractivity contribution in [2.45, 2.75) is 6.04 Å². The first-order chi connectivity index (χ1) is 11.4. The van der Waals surface area contributed by atoms with E-state index in [1.807, 2.05) is 0 Å². The molecule has 118 valence electrons. The summed E-state index contributed by atoms with van der Waals surface area (Å²) in [5, 5.41) is 18.5. The Balaban J connectivity index is 1.92. The Morgan fingerprint density at radius 2 is 1.57 bits per heavy atom. The van der Waals surface area contributed by atoms with Crippen molar-refractivity contribution in [3.05, 3.63) is 60.2 Å². The lowest BCUT2D eigenvalue weighted by molar-refractivity contribution is 0.112. The van der Waals surface area contributed by atoms with Crippen LogP contribution < -0.4 is 5.32 Å². The average molecular weight is 306 g/mol. The molecule has 1 atom stereocenters. The fourth-order valence-corrected chi connectivity index (χ4v) is 3.76. The van der Waals surface area contributed by atoms with Crippen LogP contribution in [-0.4, -0.2) is 42.8 Å². The van der Waals surface area contributed by atoms with Crippen molar-refractivity contribution >= 4 is 21.5 Å². The summed E-state index contributed by atoms with van der Waals surface area (Å²) in [5.41, 5.74) is 1.24. The maximum absolute atomic E-state index is 10.1. The van der Waals surface area contributed by atoms with Crippen LogP contribution in [0.3, 0.4) is 0 Å². The van der Waals surface area contributed by atoms with Crippen LogP contribution in [0.1, 0.15) is 11.6 Å². The van der Waals surface area contributed by atoms with Gasteiger partial charge in [0.2, 0.25) is 0 Å². The van der Waals surface area contributed by atoms with Gasteiger partial charge in [-0.05, 0) is 33.2 Å². The van der Waals surface area contributed by atoms with Gasteiger partial charge in [-0.3, -0.25) is 4.90 Å². The third-order valence-corrected chi connectivity index (χ3v) is 4.92. The van der Waals surface area contributed by atoms with Crippen molar-refractivity contribution < 1.29 is 5.11 Å². The third-order valence-electron chi connectivity index (χ3n) is 4.92. The second kappa shape index (κ2) is 6.28. The molecule has 0 aliphatic carbocycles. The van der Waals surface area contributed by atoms with Gasteiger partial charge in [-0.25, -0.2) is 0 Å². The number of aliphatic hydroxyl groups is 1. The summed E-state index contributed by atoms with van der Waals surface area (Å²) >= 11 is 0. The Morgan fingerprint density at radius 1 is 0.913 bits per heavy atom. The number of benzene rings is 3. The van der Waals surface area contributed by atoms with E-state index in [1.54, 1.807) is 0 Å². The fourth-order valence-electron chi connectivity index (χ4n) is 3.76. The Labute approximate surface area is 136 Å². The highest BCUT2D eigenvalue weighted by molar-refractivity contribution is 6.09. The molecule has 0 amide bonds. The van der Waals surface area contributed by atoms with E-state index in [2.05, 4.69) is 64.8 Å². The summed E-state index contributed by atoms with van der Waals surface area (Å²) in [6.45, 7) is 4.09. The third kappa shape index (κ3) is 2.61. The smallest absolute Gasteiger partial charge is 0.0628 e. The van der Waals surface area contributed by atoms with Crippen molar-refractivity contribution in [3.63, 3.8) is 0 Å². The number of hydrogen-bond donors (Lipinski definition) is 2. The molecular weight excluding hydrogens is 284 g/mol. The molecule has 1 fully saturated rings. The van der Waals surface area contributed by atoms with Crippen LogP contribution >= 0.6 is 0 Å². The molecule has 3 heteroatoms. The maximum Gasteiger partial charge on any atom is 0.0628 e. The molecule has 0 bridgehead atoms. The molecule has 1 heterocycles. The monoisotopic (exact) mass is 306 g/mol. The molecule has 3 aromatic rings. The number of aliphatic hydroxyl groups excluding tert-OH is 1. The van der Waals surface area contributed by atoms with Gasteiger partial charge in [-0.2, -0.15) is 0 Å². The molecule has 0 saturated carbocycles. The highest BCUT2D eigenvalue weighted by Crippen LogP contribution is 2.34. The lowest BCUT2D eigenvalue weighted by Gasteiger charge is -2.35. The summed E-state index contributed by atoms with van der Waals surface area (Å²) in [6.07, 6.45) is 0. The molecule has 23 heavy (non-hydrogen) atoms. The summed E-state index contributed by atoms with van der Waals surface area (Å²) in [4.78, 5) is 2.40. The van der Waals surface area contributed by atoms with Gasteiger partial charge in [-0.1, -0.05) is 48.5 Å². The highest BCUT2D eigenvalue weighted by Gasteiger charge is 2.23. The zero-order chi connectivity index (χ0) is 15.6. The Morgan fingerprint density at radius 3 is 2.30 bits per heavy atom. The molecule has 0 spiro atoms. The number of nitrogens with one attached hydrogen (secondary N) is 1. The number of piperazine rings is 1. The lowest BCUT2D eigenvalue weighted by atomic mass is 9.93. The molecule has 4 rings (SSSR count). The van der Waals surface area contributed by atoms with Gasteiger partial charge in [0.05, 0.1) is 12.6 Å². The van der Waals surface area contributed by atoms with Gasteiger partial charge in [-0.15, -0.1) is 0 Å². The van der Waals surface area contributed by atoms with Gasteiger partial charge in [0.15, 0.2) is 0 Å². The molecule has 1 saturated heterocycles. The van der Waals surface area contributed by atoms with Gasteiger partial charge >= 0.3 is 0 Å². The maximum atomic E-state index is 10.1. The summed E-state index contributed by atoms with van der Waals surface area (Å²) in [5.74, 6) is 0. The first-order valence-corrected chi connectivity index (χ1v) is 8.34. The van der Waals surface area contributed by atoms with Crippen molar-refractivity contribution in [1.29, 1.82) is 0 Å². The Kier molecular flexibility index (Phi) is 4.00. The molecule has 3 nitrogen and oxygen atoms in total. The molecule has 0 aromatic heterocycles. The Bertz CT molecular complexity index is 824. The van der Waals surface area contributed by atoms with Gasteiger partial charge < -0.3 is 10.4 Å². The molecule has 1 aliphatic rings. The van der Waals surface area contributed by atoms with Crippen LogP contribution in [0.4, 0.5) is 0 Å². The molecule has 0 radical (unpaired) electrons. The highest BCUT2D eigenvalue weighted by atomic mass is 16.3. The van der Waals surface area contributed by atoms with Gasteiger partial charge in [0.1, 0.15) is 0 Å². The summed E-state index contributed by atoms with van der Waals surface area (Å²) in [7, 11) is 0. The number of hydrogen-bond acceptors (Lipinski definition) is 3. The van der Waals surface area contributed by atoms with Crippen LogP contribution in [0.5, 0.6) is 0 Å². The van der Waals surface area contributed by atoms with Crippen LogP contribution in [0, 0.1) is 0 Å². The second-order valence-electron chi connectivity index (χ2n) is 6.22. The van der Waals surface area contributed by atoms with Gasteiger partial charge in [0.25, 0.3) is 0 Å². The number of fused-ring (bicyclic) bond motifs is 3. The molecular formula is C20H22N2O. The van der Waals surface area contributed by atoms with E-state index in [4.69, 9.17) is 0 Å². The van der Waals surface area contributed by atoms with E-state index in [1.165, 1.54) is 27.1 Å². The SMILES string of the molecule is OC[C@@H](c1cc2ccccc2c2ccccc12)N1CCNCC1. The first kappa shape index (κ1) is 14.6. The van der Waals surface area contributed by atoms with Crippen LogP contribution in [0.15, 0.2) is 54.6 Å². The van der Waals surface area contributed by atoms with Crippen molar-refractivity contribution in [1.82, 2.24) is 10.2 Å². The van der Waals surface area contributed by atoms with E-state index in [-0.39, 0.29) is 12.6 Å². The first-order valence-electron chi connectivity index (χ1n) is 8.34. The van der Waals surface area contributed by atoms with E-state index in [9.17, 15) is 5.11 Å². The molecule has 3 aromatic carbocycles. The van der Waals surface area contributed by atoms with Crippen LogP contribution in [-0.2, 0) is 0 Å². The standard InChI is InChI=1S/C20H22N2O/c23-14-20(22-11-9-21-10-12-22)19-13-15-5-1-2-6-16(15)17-7-3-4-8-18(17)19/h1-8,13,20-21,23H,9-12,14H2/t20-/m0/s1. The lowest BCUT2D eigenvalue weighted by Crippen LogP contribution is -2.46. The average Bonchev–Trinajstić information content (AvgIpc) is 2.63. The van der Waals surface area contributed by atoms with Crippen molar-refractivity contribution in [2.24, 2.45) is 0 Å². The normalized spacial score (nSPS) is 17.6. The van der Waals surface area contributed by atoms with E-state index in [0.717, 1.165) is 26.2 Å². The van der Waals surface area contributed by atoms with Crippen molar-refractivity contribution in [3.8, 4) is 0 Å². The fraction of sp³-hybridized carbons (Fsp3) is 0.300. The molecule has 2 N–H and O–H groups in total. The van der Waals surface area contributed by atoms with Crippen molar-refractivity contribution in [2.75, 3.05) is 32.8 Å². The minimum Gasteiger partial charge on any atom is -0.394 e. The van der Waals surface area contributed by atoms with Crippen LogP contribution in [0.2, 0.25) is 0 Å². The van der Waals surface area contributed by atoms with E-state index >= 15 is 0 Å². The second-order valence-corrected chi connectivity index (χ2v) is 6.22. The quantitative estimate of drug-likeness (QED) is 0.730. The van der Waals surface area contributed by atoms with E-state index < -0.39 is 0 Å². The molecule has 1 aliphatic heterocycles. The van der Waals surface area contributed by atoms with Gasteiger partial charge in [0, 0.05) is 26.2 Å². The minimum absolute atomic E-state index is 0.0617. The van der Waals surface area contributed by atoms with E-state index in [0.29, 0.717) is 0 Å². The minimum atomic E-state index is 0.0617. The summed E-state index contributed by atoms with van der Waals surface area (Å²) in [6, 6.07) is 19.4. The predicted octanol–water partition coefficient (Wildman–Crippen LogP) is 2.93. The largest absolute Gasteiger partial charge is 0.394 e. The summed E-state index contributed by atoms with van der Waals surface area (Å²) < 4.78 is 0.